The van der Waals surface area contributed by atoms with Crippen LogP contribution in [0.1, 0.15) is 40.3 Å². The zero-order valence-corrected chi connectivity index (χ0v) is 11.1. The van der Waals surface area contributed by atoms with Crippen LogP contribution in [0.5, 0.6) is 0 Å². The molecule has 0 aliphatic carbocycles. The van der Waals surface area contributed by atoms with E-state index in [9.17, 15) is 9.18 Å². The van der Waals surface area contributed by atoms with E-state index in [1.54, 1.807) is 39.0 Å². The van der Waals surface area contributed by atoms with Gasteiger partial charge < -0.3 is 5.32 Å². The number of aromatic amines is 1. The Hall–Kier alpha value is -2.17. The summed E-state index contributed by atoms with van der Waals surface area (Å²) in [5, 5.41) is 9.51. The van der Waals surface area contributed by atoms with E-state index in [-0.39, 0.29) is 11.7 Å². The van der Waals surface area contributed by atoms with Gasteiger partial charge in [0.05, 0.1) is 17.3 Å². The summed E-state index contributed by atoms with van der Waals surface area (Å²) >= 11 is 0. The van der Waals surface area contributed by atoms with Crippen molar-refractivity contribution in [2.75, 3.05) is 0 Å². The van der Waals surface area contributed by atoms with Gasteiger partial charge in [-0.3, -0.25) is 9.89 Å². The van der Waals surface area contributed by atoms with Crippen molar-refractivity contribution in [3.05, 3.63) is 52.6 Å². The molecule has 1 amide bonds. The SMILES string of the molecule is Cc1n[nH]c(C)c1C(=O)NC(C)c1ccccc1F. The first kappa shape index (κ1) is 13.3. The molecule has 1 unspecified atom stereocenters. The third kappa shape index (κ3) is 2.65. The van der Waals surface area contributed by atoms with Gasteiger partial charge in [0.2, 0.25) is 0 Å². The number of amides is 1. The molecule has 0 saturated heterocycles. The van der Waals surface area contributed by atoms with Crippen molar-refractivity contribution in [3.8, 4) is 0 Å². The van der Waals surface area contributed by atoms with Crippen molar-refractivity contribution < 1.29 is 9.18 Å². The van der Waals surface area contributed by atoms with Crippen molar-refractivity contribution in [2.24, 2.45) is 0 Å². The number of benzene rings is 1. The Morgan fingerprint density at radius 2 is 2.05 bits per heavy atom. The molecule has 1 heterocycles. The molecule has 0 radical (unpaired) electrons. The highest BCUT2D eigenvalue weighted by Crippen LogP contribution is 2.17. The summed E-state index contributed by atoms with van der Waals surface area (Å²) in [5.74, 6) is -0.574. The normalized spacial score (nSPS) is 12.2. The molecule has 0 bridgehead atoms. The van der Waals surface area contributed by atoms with Crippen LogP contribution >= 0.6 is 0 Å². The molecular formula is C14H16FN3O. The lowest BCUT2D eigenvalue weighted by atomic mass is 10.1. The Balaban J connectivity index is 2.18. The number of carbonyl (C=O) groups excluding carboxylic acids is 1. The highest BCUT2D eigenvalue weighted by molar-refractivity contribution is 5.96. The number of nitrogens with zero attached hydrogens (tertiary/aromatic N) is 1. The van der Waals surface area contributed by atoms with Crippen LogP contribution in [0.2, 0.25) is 0 Å². The van der Waals surface area contributed by atoms with Crippen molar-refractivity contribution in [1.29, 1.82) is 0 Å². The average molecular weight is 261 g/mol. The monoisotopic (exact) mass is 261 g/mol. The third-order valence-corrected chi connectivity index (χ3v) is 3.07. The van der Waals surface area contributed by atoms with Gasteiger partial charge in [0.1, 0.15) is 5.82 Å². The molecule has 1 aromatic carbocycles. The summed E-state index contributed by atoms with van der Waals surface area (Å²) in [6, 6.07) is 6.01. The summed E-state index contributed by atoms with van der Waals surface area (Å²) in [6.45, 7) is 5.29. The second-order valence-corrected chi connectivity index (χ2v) is 4.53. The Kier molecular flexibility index (Phi) is 3.64. The van der Waals surface area contributed by atoms with Crippen LogP contribution in [0.15, 0.2) is 24.3 Å². The van der Waals surface area contributed by atoms with Crippen molar-refractivity contribution >= 4 is 5.91 Å². The highest BCUT2D eigenvalue weighted by Gasteiger charge is 2.19. The number of aromatic nitrogens is 2. The van der Waals surface area contributed by atoms with E-state index in [1.165, 1.54) is 6.07 Å². The molecule has 5 heteroatoms. The first-order chi connectivity index (χ1) is 9.00. The topological polar surface area (TPSA) is 57.8 Å². The number of hydrogen-bond acceptors (Lipinski definition) is 2. The lowest BCUT2D eigenvalue weighted by Gasteiger charge is -2.15. The Morgan fingerprint density at radius 1 is 1.37 bits per heavy atom. The minimum Gasteiger partial charge on any atom is -0.345 e. The van der Waals surface area contributed by atoms with E-state index in [1.807, 2.05) is 0 Å². The van der Waals surface area contributed by atoms with Crippen LogP contribution < -0.4 is 5.32 Å². The number of carbonyl (C=O) groups is 1. The van der Waals surface area contributed by atoms with Gasteiger partial charge in [-0.1, -0.05) is 18.2 Å². The summed E-state index contributed by atoms with van der Waals surface area (Å²) in [5.41, 5.74) is 2.32. The van der Waals surface area contributed by atoms with Crippen molar-refractivity contribution in [1.82, 2.24) is 15.5 Å². The lowest BCUT2D eigenvalue weighted by Crippen LogP contribution is -2.28. The summed E-state index contributed by atoms with van der Waals surface area (Å²) in [7, 11) is 0. The number of halogens is 1. The molecule has 19 heavy (non-hydrogen) atoms. The van der Waals surface area contributed by atoms with Gasteiger partial charge >= 0.3 is 0 Å². The molecule has 0 aliphatic rings. The molecule has 2 rings (SSSR count). The molecule has 100 valence electrons. The van der Waals surface area contributed by atoms with Gasteiger partial charge in [0.25, 0.3) is 5.91 Å². The fraction of sp³-hybridized carbons (Fsp3) is 0.286. The maximum Gasteiger partial charge on any atom is 0.255 e. The van der Waals surface area contributed by atoms with E-state index in [4.69, 9.17) is 0 Å². The molecule has 0 spiro atoms. The standard InChI is InChI=1S/C14H16FN3O/c1-8(11-6-4-5-7-12(11)15)16-14(19)13-9(2)17-18-10(13)3/h4-8H,1-3H3,(H,16,19)(H,17,18). The van der Waals surface area contributed by atoms with Crippen molar-refractivity contribution in [2.45, 2.75) is 26.8 Å². The Bertz CT molecular complexity index is 587. The number of hydrogen-bond donors (Lipinski definition) is 2. The summed E-state index contributed by atoms with van der Waals surface area (Å²) in [6.07, 6.45) is 0. The summed E-state index contributed by atoms with van der Waals surface area (Å²) in [4.78, 5) is 12.1. The predicted molar refractivity (Wildman–Crippen MR) is 70.3 cm³/mol. The van der Waals surface area contributed by atoms with Gasteiger partial charge in [-0.2, -0.15) is 5.10 Å². The molecule has 0 fully saturated rings. The number of H-pyrrole nitrogens is 1. The van der Waals surface area contributed by atoms with Gasteiger partial charge in [-0.15, -0.1) is 0 Å². The van der Waals surface area contributed by atoms with Crippen LogP contribution in [-0.2, 0) is 0 Å². The molecular weight excluding hydrogens is 245 g/mol. The quantitative estimate of drug-likeness (QED) is 0.892. The van der Waals surface area contributed by atoms with Gasteiger partial charge in [0, 0.05) is 11.3 Å². The second-order valence-electron chi connectivity index (χ2n) is 4.53. The van der Waals surface area contributed by atoms with Crippen LogP contribution in [0.3, 0.4) is 0 Å². The molecule has 0 saturated carbocycles. The van der Waals surface area contributed by atoms with Crippen LogP contribution in [-0.4, -0.2) is 16.1 Å². The number of aryl methyl sites for hydroxylation is 2. The molecule has 2 aromatic rings. The third-order valence-electron chi connectivity index (χ3n) is 3.07. The zero-order valence-electron chi connectivity index (χ0n) is 11.1. The van der Waals surface area contributed by atoms with Crippen molar-refractivity contribution in [3.63, 3.8) is 0 Å². The fourth-order valence-electron chi connectivity index (χ4n) is 2.06. The molecule has 0 aliphatic heterocycles. The first-order valence-electron chi connectivity index (χ1n) is 6.07. The summed E-state index contributed by atoms with van der Waals surface area (Å²) < 4.78 is 13.6. The molecule has 2 N–H and O–H groups in total. The van der Waals surface area contributed by atoms with Crippen LogP contribution in [0.4, 0.5) is 4.39 Å². The second kappa shape index (κ2) is 5.22. The maximum absolute atomic E-state index is 13.6. The van der Waals surface area contributed by atoms with E-state index in [0.717, 1.165) is 0 Å². The first-order valence-corrected chi connectivity index (χ1v) is 6.07. The van der Waals surface area contributed by atoms with E-state index >= 15 is 0 Å². The largest absolute Gasteiger partial charge is 0.345 e. The maximum atomic E-state index is 13.6. The molecule has 1 atom stereocenters. The number of rotatable bonds is 3. The fourth-order valence-corrected chi connectivity index (χ4v) is 2.06. The smallest absolute Gasteiger partial charge is 0.255 e. The Labute approximate surface area is 111 Å². The minimum absolute atomic E-state index is 0.250. The van der Waals surface area contributed by atoms with E-state index in [2.05, 4.69) is 15.5 Å². The van der Waals surface area contributed by atoms with E-state index in [0.29, 0.717) is 22.5 Å². The molecule has 4 nitrogen and oxygen atoms in total. The average Bonchev–Trinajstić information content (AvgIpc) is 2.69. The lowest BCUT2D eigenvalue weighted by molar-refractivity contribution is 0.0938. The van der Waals surface area contributed by atoms with E-state index < -0.39 is 6.04 Å². The minimum atomic E-state index is -0.401. The van der Waals surface area contributed by atoms with Crippen LogP contribution in [0, 0.1) is 19.7 Å². The van der Waals surface area contributed by atoms with Gasteiger partial charge in [0.15, 0.2) is 0 Å². The number of nitrogens with one attached hydrogen (secondary N) is 2. The Morgan fingerprint density at radius 3 is 2.63 bits per heavy atom. The predicted octanol–water partition coefficient (Wildman–Crippen LogP) is 2.66. The van der Waals surface area contributed by atoms with Gasteiger partial charge in [-0.05, 0) is 26.8 Å². The molecule has 1 aromatic heterocycles. The highest BCUT2D eigenvalue weighted by atomic mass is 19.1. The zero-order chi connectivity index (χ0) is 14.0. The van der Waals surface area contributed by atoms with Crippen LogP contribution in [0.25, 0.3) is 0 Å². The van der Waals surface area contributed by atoms with Gasteiger partial charge in [-0.25, -0.2) is 4.39 Å².